The van der Waals surface area contributed by atoms with E-state index in [2.05, 4.69) is 19.9 Å². The van der Waals surface area contributed by atoms with E-state index in [1.54, 1.807) is 41.5 Å². The fourth-order valence-corrected chi connectivity index (χ4v) is 4.37. The Hall–Kier alpha value is -3.15. The van der Waals surface area contributed by atoms with Crippen LogP contribution in [0.3, 0.4) is 0 Å². The molecule has 3 atom stereocenters. The predicted molar refractivity (Wildman–Crippen MR) is 131 cm³/mol. The fourth-order valence-electron chi connectivity index (χ4n) is 4.37. The number of nitrogens with zero attached hydrogens (tertiary/aromatic N) is 6. The molecular weight excluding hydrogens is 464 g/mol. The van der Waals surface area contributed by atoms with Gasteiger partial charge in [-0.05, 0) is 13.0 Å². The minimum atomic E-state index is -0.401. The highest BCUT2D eigenvalue weighted by atomic mass is 16.5. The van der Waals surface area contributed by atoms with Gasteiger partial charge in [0.25, 0.3) is 5.91 Å². The molecule has 0 radical (unpaired) electrons. The van der Waals surface area contributed by atoms with Crippen LogP contribution in [-0.4, -0.2) is 118 Å². The second-order valence-electron chi connectivity index (χ2n) is 9.49. The Kier molecular flexibility index (Phi) is 8.44. The lowest BCUT2D eigenvalue weighted by atomic mass is 9.99. The van der Waals surface area contributed by atoms with E-state index < -0.39 is 12.1 Å². The molecule has 2 aliphatic rings. The summed E-state index contributed by atoms with van der Waals surface area (Å²) in [5, 5.41) is 9.85. The monoisotopic (exact) mass is 498 g/mol. The van der Waals surface area contributed by atoms with E-state index in [1.165, 1.54) is 6.33 Å². The van der Waals surface area contributed by atoms with Crippen molar-refractivity contribution in [3.63, 3.8) is 0 Å². The average molecular weight is 499 g/mol. The van der Waals surface area contributed by atoms with E-state index in [-0.39, 0.29) is 30.2 Å². The van der Waals surface area contributed by atoms with Gasteiger partial charge in [-0.15, -0.1) is 0 Å². The molecule has 2 aromatic rings. The van der Waals surface area contributed by atoms with Crippen LogP contribution in [0.2, 0.25) is 0 Å². The van der Waals surface area contributed by atoms with Crippen LogP contribution in [0.15, 0.2) is 31.0 Å². The third kappa shape index (κ3) is 5.97. The van der Waals surface area contributed by atoms with Crippen LogP contribution in [0.25, 0.3) is 11.1 Å². The summed E-state index contributed by atoms with van der Waals surface area (Å²) in [7, 11) is 1.77. The molecule has 0 bridgehead atoms. The number of carbonyl (C=O) groups excluding carboxylic acids is 2. The van der Waals surface area contributed by atoms with Crippen LogP contribution in [0.1, 0.15) is 24.2 Å². The first kappa shape index (κ1) is 25.9. The summed E-state index contributed by atoms with van der Waals surface area (Å²) < 4.78 is 11.7. The van der Waals surface area contributed by atoms with E-state index >= 15 is 0 Å². The Morgan fingerprint density at radius 1 is 1.22 bits per heavy atom. The number of pyridine rings is 1. The predicted octanol–water partition coefficient (Wildman–Crippen LogP) is 0.549. The Morgan fingerprint density at radius 3 is 2.64 bits per heavy atom. The van der Waals surface area contributed by atoms with Crippen molar-refractivity contribution in [3.05, 3.63) is 36.5 Å². The van der Waals surface area contributed by atoms with Crippen LogP contribution in [0.5, 0.6) is 5.88 Å². The SMILES string of the molecule is C[C@H]1CN([C@@H](C)CO)C(=O)c2cc(-c3cncnc3)cnc2O[C@H]1CN(C)C(=O)CN1CCOCC1. The number of carbonyl (C=O) groups is 2. The second-order valence-corrected chi connectivity index (χ2v) is 9.49. The summed E-state index contributed by atoms with van der Waals surface area (Å²) in [6, 6.07) is 1.33. The lowest BCUT2D eigenvalue weighted by molar-refractivity contribution is -0.133. The molecule has 1 saturated heterocycles. The third-order valence-electron chi connectivity index (χ3n) is 6.76. The number of hydrogen-bond acceptors (Lipinski definition) is 9. The van der Waals surface area contributed by atoms with Crippen molar-refractivity contribution >= 4 is 11.8 Å². The molecule has 2 aliphatic heterocycles. The maximum atomic E-state index is 13.6. The molecule has 2 amide bonds. The zero-order chi connectivity index (χ0) is 25.7. The van der Waals surface area contributed by atoms with Gasteiger partial charge in [0, 0.05) is 62.3 Å². The standard InChI is InChI=1S/C25H34N6O5/c1-17-12-31(18(2)15-32)25(34)21-8-19(20-9-26-16-27-10-20)11-28-24(21)36-22(17)13-29(3)23(33)14-30-4-6-35-7-5-30/h8-11,16-18,22,32H,4-7,12-15H2,1-3H3/t17-,18-,22-/m0/s1. The zero-order valence-electron chi connectivity index (χ0n) is 21.0. The van der Waals surface area contributed by atoms with Gasteiger partial charge < -0.3 is 24.4 Å². The summed E-state index contributed by atoms with van der Waals surface area (Å²) in [6.45, 7) is 7.39. The number of rotatable bonds is 7. The number of amides is 2. The van der Waals surface area contributed by atoms with E-state index in [4.69, 9.17) is 9.47 Å². The summed E-state index contributed by atoms with van der Waals surface area (Å²) in [5.41, 5.74) is 1.71. The minimum absolute atomic E-state index is 0.000901. The van der Waals surface area contributed by atoms with Gasteiger partial charge in [-0.1, -0.05) is 6.92 Å². The molecule has 4 heterocycles. The molecule has 0 unspecified atom stereocenters. The summed E-state index contributed by atoms with van der Waals surface area (Å²) >= 11 is 0. The summed E-state index contributed by atoms with van der Waals surface area (Å²) in [5.74, 6) is -0.168. The number of fused-ring (bicyclic) bond motifs is 1. The normalized spacial score (nSPS) is 21.7. The van der Waals surface area contributed by atoms with E-state index in [9.17, 15) is 14.7 Å². The highest BCUT2D eigenvalue weighted by Crippen LogP contribution is 2.30. The number of hydrogen-bond donors (Lipinski definition) is 1. The molecule has 0 aliphatic carbocycles. The molecule has 0 saturated carbocycles. The molecule has 4 rings (SSSR count). The van der Waals surface area contributed by atoms with Gasteiger partial charge in [-0.25, -0.2) is 15.0 Å². The van der Waals surface area contributed by atoms with Gasteiger partial charge in [-0.3, -0.25) is 14.5 Å². The molecule has 0 aromatic carbocycles. The average Bonchev–Trinajstić information content (AvgIpc) is 2.91. The van der Waals surface area contributed by atoms with Crippen molar-refractivity contribution < 1.29 is 24.2 Å². The van der Waals surface area contributed by atoms with Crippen molar-refractivity contribution in [3.8, 4) is 17.0 Å². The Balaban J connectivity index is 1.59. The second kappa shape index (κ2) is 11.7. The van der Waals surface area contributed by atoms with Crippen LogP contribution in [0, 0.1) is 5.92 Å². The number of aliphatic hydroxyl groups is 1. The summed E-state index contributed by atoms with van der Waals surface area (Å²) in [6.07, 6.45) is 5.97. The molecule has 0 spiro atoms. The van der Waals surface area contributed by atoms with Crippen LogP contribution < -0.4 is 4.74 Å². The van der Waals surface area contributed by atoms with Crippen molar-refractivity contribution in [1.29, 1.82) is 0 Å². The van der Waals surface area contributed by atoms with Crippen molar-refractivity contribution in [2.45, 2.75) is 26.0 Å². The minimum Gasteiger partial charge on any atom is -0.472 e. The molecule has 194 valence electrons. The molecule has 36 heavy (non-hydrogen) atoms. The number of morpholine rings is 1. The number of aliphatic hydroxyl groups excluding tert-OH is 1. The van der Waals surface area contributed by atoms with Gasteiger partial charge in [0.05, 0.1) is 39.0 Å². The summed E-state index contributed by atoms with van der Waals surface area (Å²) in [4.78, 5) is 44.5. The highest BCUT2D eigenvalue weighted by Gasteiger charge is 2.35. The fraction of sp³-hybridized carbons (Fsp3) is 0.560. The van der Waals surface area contributed by atoms with E-state index in [1.807, 2.05) is 13.8 Å². The van der Waals surface area contributed by atoms with Crippen LogP contribution in [0.4, 0.5) is 0 Å². The Labute approximate surface area is 211 Å². The molecule has 1 N–H and O–H groups in total. The lowest BCUT2D eigenvalue weighted by Gasteiger charge is -2.38. The first-order chi connectivity index (χ1) is 17.4. The molecule has 11 heteroatoms. The van der Waals surface area contributed by atoms with Gasteiger partial charge in [0.15, 0.2) is 0 Å². The maximum absolute atomic E-state index is 13.6. The topological polar surface area (TPSA) is 121 Å². The van der Waals surface area contributed by atoms with Gasteiger partial charge in [0.1, 0.15) is 18.0 Å². The van der Waals surface area contributed by atoms with Crippen molar-refractivity contribution in [1.82, 2.24) is 29.7 Å². The van der Waals surface area contributed by atoms with Gasteiger partial charge in [-0.2, -0.15) is 0 Å². The quantitative estimate of drug-likeness (QED) is 0.583. The van der Waals surface area contributed by atoms with Gasteiger partial charge in [0.2, 0.25) is 11.8 Å². The highest BCUT2D eigenvalue weighted by molar-refractivity contribution is 5.98. The maximum Gasteiger partial charge on any atom is 0.259 e. The first-order valence-corrected chi connectivity index (χ1v) is 12.2. The zero-order valence-corrected chi connectivity index (χ0v) is 21.0. The number of ether oxygens (including phenoxy) is 2. The largest absolute Gasteiger partial charge is 0.472 e. The van der Waals surface area contributed by atoms with Gasteiger partial charge >= 0.3 is 0 Å². The number of likely N-dealkylation sites (N-methyl/N-ethyl adjacent to an activating group) is 1. The molecule has 1 fully saturated rings. The Morgan fingerprint density at radius 2 is 1.94 bits per heavy atom. The Bertz CT molecular complexity index is 1050. The molecule has 11 nitrogen and oxygen atoms in total. The molecule has 2 aromatic heterocycles. The smallest absolute Gasteiger partial charge is 0.259 e. The first-order valence-electron chi connectivity index (χ1n) is 12.2. The molecular formula is C25H34N6O5. The van der Waals surface area contributed by atoms with E-state index in [0.717, 1.165) is 18.7 Å². The van der Waals surface area contributed by atoms with Crippen molar-refractivity contribution in [2.24, 2.45) is 5.92 Å². The number of aromatic nitrogens is 3. The lowest BCUT2D eigenvalue weighted by Crippen LogP contribution is -2.51. The van der Waals surface area contributed by atoms with Crippen LogP contribution in [-0.2, 0) is 9.53 Å². The van der Waals surface area contributed by atoms with Crippen molar-refractivity contribution in [2.75, 3.05) is 59.6 Å². The van der Waals surface area contributed by atoms with Crippen LogP contribution >= 0.6 is 0 Å². The van der Waals surface area contributed by atoms with E-state index in [0.29, 0.717) is 44.0 Å². The third-order valence-corrected chi connectivity index (χ3v) is 6.76.